The van der Waals surface area contributed by atoms with Gasteiger partial charge in [0.1, 0.15) is 12.1 Å². The summed E-state index contributed by atoms with van der Waals surface area (Å²) in [5.41, 5.74) is 0. The molecular formula is C15H25N3O5. The third-order valence-electron chi connectivity index (χ3n) is 3.13. The van der Waals surface area contributed by atoms with Crippen LogP contribution in [0.4, 0.5) is 0 Å². The second-order valence-corrected chi connectivity index (χ2v) is 5.65. The van der Waals surface area contributed by atoms with Crippen molar-refractivity contribution in [1.82, 2.24) is 10.6 Å². The van der Waals surface area contributed by atoms with Crippen molar-refractivity contribution in [3.63, 3.8) is 0 Å². The van der Waals surface area contributed by atoms with Crippen LogP contribution in [0.2, 0.25) is 0 Å². The number of Topliss-reactive ketones (excluding diaryl/α,β-unsaturated/α-hetero) is 1. The van der Waals surface area contributed by atoms with Crippen LogP contribution in [0.5, 0.6) is 0 Å². The third kappa shape index (κ3) is 8.70. The highest BCUT2D eigenvalue weighted by Crippen LogP contribution is 2.07. The van der Waals surface area contributed by atoms with Crippen LogP contribution in [0.1, 0.15) is 46.5 Å². The molecule has 0 fully saturated rings. The Hall–Kier alpha value is -2.25. The van der Waals surface area contributed by atoms with Gasteiger partial charge in [0.2, 0.25) is 11.8 Å². The molecule has 130 valence electrons. The molecule has 0 spiro atoms. The summed E-state index contributed by atoms with van der Waals surface area (Å²) in [4.78, 5) is 46.0. The van der Waals surface area contributed by atoms with Gasteiger partial charge in [-0.15, -0.1) is 0 Å². The second-order valence-electron chi connectivity index (χ2n) is 5.65. The summed E-state index contributed by atoms with van der Waals surface area (Å²) in [5, 5.41) is 20.8. The molecule has 0 aromatic heterocycles. The number of carbonyl (C=O) groups is 4. The molecule has 0 aliphatic rings. The maximum Gasteiger partial charge on any atom is 0.326 e. The van der Waals surface area contributed by atoms with E-state index in [1.54, 1.807) is 6.92 Å². The molecular weight excluding hydrogens is 302 g/mol. The fourth-order valence-electron chi connectivity index (χ4n) is 1.89. The lowest BCUT2D eigenvalue weighted by molar-refractivity contribution is -0.142. The monoisotopic (exact) mass is 327 g/mol. The van der Waals surface area contributed by atoms with E-state index >= 15 is 0 Å². The first kappa shape index (κ1) is 20.8. The molecule has 8 heteroatoms. The average molecular weight is 327 g/mol. The van der Waals surface area contributed by atoms with Crippen LogP contribution in [0.3, 0.4) is 0 Å². The normalized spacial score (nSPS) is 13.0. The molecule has 23 heavy (non-hydrogen) atoms. The fraction of sp³-hybridized carbons (Fsp3) is 0.667. The smallest absolute Gasteiger partial charge is 0.326 e. The van der Waals surface area contributed by atoms with Gasteiger partial charge < -0.3 is 21.1 Å². The van der Waals surface area contributed by atoms with Crippen molar-refractivity contribution in [3.05, 3.63) is 0 Å². The van der Waals surface area contributed by atoms with Crippen molar-refractivity contribution in [2.45, 2.75) is 58.5 Å². The van der Waals surface area contributed by atoms with Crippen molar-refractivity contribution in [2.75, 3.05) is 0 Å². The lowest BCUT2D eigenvalue weighted by Crippen LogP contribution is -2.52. The van der Waals surface area contributed by atoms with Gasteiger partial charge in [0.15, 0.2) is 5.78 Å². The number of amides is 2. The number of carboxylic acids is 1. The standard InChI is InChI=1S/C15H25N3O5/c1-4-13(20)17-12(7-9(2)3)14(21)18-11(15(22)23)6-5-10(19)8-16/h8-9,11-12,16H,4-7H2,1-3H3,(H,17,20)(H,18,21)(H,22,23)/t11-,12-/m0/s1. The minimum absolute atomic E-state index is 0.106. The van der Waals surface area contributed by atoms with E-state index < -0.39 is 29.7 Å². The van der Waals surface area contributed by atoms with Gasteiger partial charge in [0, 0.05) is 12.8 Å². The molecule has 0 saturated carbocycles. The Bertz CT molecular complexity index is 462. The predicted octanol–water partition coefficient (Wildman–Crippen LogP) is 0.496. The van der Waals surface area contributed by atoms with Gasteiger partial charge in [0.05, 0.1) is 6.21 Å². The molecule has 0 aliphatic carbocycles. The van der Waals surface area contributed by atoms with Gasteiger partial charge in [0.25, 0.3) is 0 Å². The van der Waals surface area contributed by atoms with Crippen LogP contribution in [-0.2, 0) is 19.2 Å². The minimum Gasteiger partial charge on any atom is -0.480 e. The van der Waals surface area contributed by atoms with Crippen LogP contribution in [-0.4, -0.2) is 47.0 Å². The second kappa shape index (κ2) is 10.5. The molecule has 0 saturated heterocycles. The van der Waals surface area contributed by atoms with Gasteiger partial charge >= 0.3 is 5.97 Å². The zero-order valence-corrected chi connectivity index (χ0v) is 13.7. The van der Waals surface area contributed by atoms with E-state index in [-0.39, 0.29) is 31.1 Å². The third-order valence-corrected chi connectivity index (χ3v) is 3.13. The Balaban J connectivity index is 4.86. The van der Waals surface area contributed by atoms with E-state index in [0.29, 0.717) is 12.6 Å². The van der Waals surface area contributed by atoms with E-state index in [1.807, 2.05) is 13.8 Å². The SMILES string of the molecule is CCC(=O)N[C@@H](CC(C)C)C(=O)N[C@@H](CCC(=O)C=N)C(=O)O. The predicted molar refractivity (Wildman–Crippen MR) is 84.3 cm³/mol. The first-order chi connectivity index (χ1) is 10.7. The van der Waals surface area contributed by atoms with E-state index in [0.717, 1.165) is 0 Å². The number of hydrogen-bond acceptors (Lipinski definition) is 5. The lowest BCUT2D eigenvalue weighted by Gasteiger charge is -2.22. The van der Waals surface area contributed by atoms with Gasteiger partial charge in [-0.05, 0) is 18.8 Å². The Morgan fingerprint density at radius 3 is 2.17 bits per heavy atom. The van der Waals surface area contributed by atoms with Gasteiger partial charge in [-0.3, -0.25) is 14.4 Å². The maximum absolute atomic E-state index is 12.2. The van der Waals surface area contributed by atoms with Crippen LogP contribution < -0.4 is 10.6 Å². The van der Waals surface area contributed by atoms with Crippen molar-refractivity contribution in [3.8, 4) is 0 Å². The first-order valence-electron chi connectivity index (χ1n) is 7.57. The summed E-state index contributed by atoms with van der Waals surface area (Å²) in [6.45, 7) is 5.42. The number of carboxylic acid groups (broad SMARTS) is 1. The van der Waals surface area contributed by atoms with Gasteiger partial charge in [-0.25, -0.2) is 4.79 Å². The van der Waals surface area contributed by atoms with Crippen LogP contribution in [0.15, 0.2) is 0 Å². The number of nitrogens with one attached hydrogen (secondary N) is 3. The van der Waals surface area contributed by atoms with Crippen LogP contribution in [0.25, 0.3) is 0 Å². The van der Waals surface area contributed by atoms with E-state index in [1.165, 1.54) is 0 Å². The molecule has 0 aromatic rings. The highest BCUT2D eigenvalue weighted by atomic mass is 16.4. The largest absolute Gasteiger partial charge is 0.480 e. The average Bonchev–Trinajstić information content (AvgIpc) is 2.48. The fourth-order valence-corrected chi connectivity index (χ4v) is 1.89. The molecule has 0 unspecified atom stereocenters. The molecule has 2 atom stereocenters. The molecule has 2 amide bonds. The van der Waals surface area contributed by atoms with Crippen molar-refractivity contribution in [2.24, 2.45) is 5.92 Å². The number of aliphatic carboxylic acids is 1. The van der Waals surface area contributed by atoms with E-state index in [9.17, 15) is 19.2 Å². The number of hydrogen-bond donors (Lipinski definition) is 4. The van der Waals surface area contributed by atoms with Crippen LogP contribution in [0, 0.1) is 11.3 Å². The Labute approximate surface area is 135 Å². The molecule has 8 nitrogen and oxygen atoms in total. The highest BCUT2D eigenvalue weighted by molar-refractivity contribution is 6.26. The van der Waals surface area contributed by atoms with E-state index in [2.05, 4.69) is 10.6 Å². The number of carbonyl (C=O) groups excluding carboxylic acids is 3. The highest BCUT2D eigenvalue weighted by Gasteiger charge is 2.27. The maximum atomic E-state index is 12.2. The molecule has 0 heterocycles. The zero-order chi connectivity index (χ0) is 18.0. The molecule has 0 rings (SSSR count). The topological polar surface area (TPSA) is 136 Å². The first-order valence-corrected chi connectivity index (χ1v) is 7.57. The molecule has 0 bridgehead atoms. The molecule has 0 aromatic carbocycles. The summed E-state index contributed by atoms with van der Waals surface area (Å²) in [6.07, 6.45) is 0.966. The Morgan fingerprint density at radius 1 is 1.13 bits per heavy atom. The summed E-state index contributed by atoms with van der Waals surface area (Å²) < 4.78 is 0. The molecule has 0 aliphatic heterocycles. The molecule has 0 radical (unpaired) electrons. The minimum atomic E-state index is -1.26. The van der Waals surface area contributed by atoms with Crippen LogP contribution >= 0.6 is 0 Å². The van der Waals surface area contributed by atoms with E-state index in [4.69, 9.17) is 10.5 Å². The van der Waals surface area contributed by atoms with Gasteiger partial charge in [-0.1, -0.05) is 20.8 Å². The summed E-state index contributed by atoms with van der Waals surface area (Å²) in [7, 11) is 0. The van der Waals surface area contributed by atoms with Crippen molar-refractivity contribution >= 4 is 29.8 Å². The zero-order valence-electron chi connectivity index (χ0n) is 13.7. The van der Waals surface area contributed by atoms with Gasteiger partial charge in [-0.2, -0.15) is 0 Å². The Kier molecular flexibility index (Phi) is 9.45. The summed E-state index contributed by atoms with van der Waals surface area (Å²) in [6, 6.07) is -2.05. The quantitative estimate of drug-likeness (QED) is 0.409. The lowest BCUT2D eigenvalue weighted by atomic mass is 10.0. The summed E-state index contributed by atoms with van der Waals surface area (Å²) in [5.74, 6) is -2.53. The Morgan fingerprint density at radius 2 is 1.74 bits per heavy atom. The number of rotatable bonds is 11. The number of ketones is 1. The van der Waals surface area contributed by atoms with Crippen molar-refractivity contribution in [1.29, 1.82) is 5.41 Å². The summed E-state index contributed by atoms with van der Waals surface area (Å²) >= 11 is 0. The van der Waals surface area contributed by atoms with Crippen molar-refractivity contribution < 1.29 is 24.3 Å². The molecule has 4 N–H and O–H groups in total.